The van der Waals surface area contributed by atoms with Gasteiger partial charge in [0.15, 0.2) is 0 Å². The zero-order valence-corrected chi connectivity index (χ0v) is 11.5. The van der Waals surface area contributed by atoms with Crippen LogP contribution in [0.1, 0.15) is 36.3 Å². The number of carboxylic acid groups (broad SMARTS) is 1. The van der Waals surface area contributed by atoms with Crippen LogP contribution in [0.25, 0.3) is 0 Å². The third kappa shape index (κ3) is 3.07. The van der Waals surface area contributed by atoms with Gasteiger partial charge in [0.25, 0.3) is 5.91 Å². The molecule has 1 aliphatic heterocycles. The van der Waals surface area contributed by atoms with E-state index in [1.54, 1.807) is 19.9 Å². The Morgan fingerprint density at radius 1 is 1.45 bits per heavy atom. The Hall–Kier alpha value is -2.11. The number of hydrogen-bond donors (Lipinski definition) is 2. The summed E-state index contributed by atoms with van der Waals surface area (Å²) in [7, 11) is 0. The number of nitrogens with one attached hydrogen (secondary N) is 1. The van der Waals surface area contributed by atoms with Gasteiger partial charge in [-0.2, -0.15) is 0 Å². The highest BCUT2D eigenvalue weighted by atomic mass is 16.5. The van der Waals surface area contributed by atoms with Gasteiger partial charge in [0, 0.05) is 0 Å². The fourth-order valence-electron chi connectivity index (χ4n) is 2.11. The smallest absolute Gasteiger partial charge is 0.326 e. The number of amides is 1. The summed E-state index contributed by atoms with van der Waals surface area (Å²) < 4.78 is 5.43. The van der Waals surface area contributed by atoms with Crippen LogP contribution in [0.15, 0.2) is 12.3 Å². The molecule has 0 radical (unpaired) electrons. The molecule has 0 aliphatic carbocycles. The Balaban J connectivity index is 2.15. The summed E-state index contributed by atoms with van der Waals surface area (Å²) in [4.78, 5) is 27.2. The second-order valence-electron chi connectivity index (χ2n) is 5.16. The van der Waals surface area contributed by atoms with E-state index in [0.29, 0.717) is 12.4 Å². The fourth-order valence-corrected chi connectivity index (χ4v) is 2.11. The SMILES string of the molecule is CC(C)[C@@H](NC(=O)c1cc2c(cn1)OCCC2)C(=O)O. The maximum absolute atomic E-state index is 12.1. The van der Waals surface area contributed by atoms with Crippen LogP contribution < -0.4 is 10.1 Å². The standard InChI is InChI=1S/C14H18N2O4/c1-8(2)12(14(18)19)16-13(17)10-6-9-4-3-5-20-11(9)7-15-10/h6-8,12H,3-5H2,1-2H3,(H,16,17)(H,18,19)/t12-/m1/s1. The summed E-state index contributed by atoms with van der Waals surface area (Å²) in [6, 6.07) is 0.750. The van der Waals surface area contributed by atoms with E-state index in [2.05, 4.69) is 10.3 Å². The molecule has 0 spiro atoms. The van der Waals surface area contributed by atoms with Crippen molar-refractivity contribution in [3.8, 4) is 5.75 Å². The number of fused-ring (bicyclic) bond motifs is 1. The molecule has 0 saturated heterocycles. The number of carbonyl (C=O) groups excluding carboxylic acids is 1. The van der Waals surface area contributed by atoms with Crippen LogP contribution in [0.2, 0.25) is 0 Å². The molecule has 1 aromatic heterocycles. The Labute approximate surface area is 117 Å². The van der Waals surface area contributed by atoms with E-state index >= 15 is 0 Å². The molecule has 2 heterocycles. The van der Waals surface area contributed by atoms with Crippen LogP contribution in [0.5, 0.6) is 5.75 Å². The molecule has 1 amide bonds. The van der Waals surface area contributed by atoms with Crippen molar-refractivity contribution >= 4 is 11.9 Å². The Morgan fingerprint density at radius 3 is 2.85 bits per heavy atom. The van der Waals surface area contributed by atoms with Crippen molar-refractivity contribution in [3.63, 3.8) is 0 Å². The normalized spacial score (nSPS) is 15.2. The first-order chi connectivity index (χ1) is 9.49. The highest BCUT2D eigenvalue weighted by molar-refractivity contribution is 5.95. The number of ether oxygens (including phenoxy) is 1. The average Bonchev–Trinajstić information content (AvgIpc) is 2.43. The lowest BCUT2D eigenvalue weighted by atomic mass is 10.0. The molecule has 1 aromatic rings. The largest absolute Gasteiger partial charge is 0.492 e. The fraction of sp³-hybridized carbons (Fsp3) is 0.500. The molecule has 6 heteroatoms. The van der Waals surface area contributed by atoms with E-state index in [4.69, 9.17) is 9.84 Å². The summed E-state index contributed by atoms with van der Waals surface area (Å²) in [5.74, 6) is -1.02. The van der Waals surface area contributed by atoms with Crippen LogP contribution in [0.4, 0.5) is 0 Å². The summed E-state index contributed by atoms with van der Waals surface area (Å²) >= 11 is 0. The highest BCUT2D eigenvalue weighted by Crippen LogP contribution is 2.24. The zero-order chi connectivity index (χ0) is 14.7. The first-order valence-electron chi connectivity index (χ1n) is 6.64. The highest BCUT2D eigenvalue weighted by Gasteiger charge is 2.25. The van der Waals surface area contributed by atoms with Crippen molar-refractivity contribution in [3.05, 3.63) is 23.5 Å². The molecule has 0 unspecified atom stereocenters. The number of rotatable bonds is 4. The van der Waals surface area contributed by atoms with E-state index in [1.165, 1.54) is 6.20 Å². The van der Waals surface area contributed by atoms with E-state index in [9.17, 15) is 9.59 Å². The summed E-state index contributed by atoms with van der Waals surface area (Å²) in [5, 5.41) is 11.6. The van der Waals surface area contributed by atoms with E-state index in [0.717, 1.165) is 18.4 Å². The molecule has 0 aromatic carbocycles. The average molecular weight is 278 g/mol. The van der Waals surface area contributed by atoms with Gasteiger partial charge in [-0.1, -0.05) is 13.8 Å². The topological polar surface area (TPSA) is 88.5 Å². The van der Waals surface area contributed by atoms with Gasteiger partial charge in [-0.3, -0.25) is 4.79 Å². The lowest BCUT2D eigenvalue weighted by Gasteiger charge is -2.19. The maximum atomic E-state index is 12.1. The minimum absolute atomic E-state index is 0.197. The van der Waals surface area contributed by atoms with Gasteiger partial charge in [0.05, 0.1) is 12.8 Å². The number of hydrogen-bond acceptors (Lipinski definition) is 4. The summed E-state index contributed by atoms with van der Waals surface area (Å²) in [6.07, 6.45) is 3.26. The van der Waals surface area contributed by atoms with Crippen molar-refractivity contribution in [1.82, 2.24) is 10.3 Å². The van der Waals surface area contributed by atoms with E-state index < -0.39 is 17.9 Å². The van der Waals surface area contributed by atoms with Gasteiger partial charge < -0.3 is 15.2 Å². The lowest BCUT2D eigenvalue weighted by Crippen LogP contribution is -2.44. The minimum Gasteiger partial charge on any atom is -0.492 e. The number of pyridine rings is 1. The molecule has 1 atom stereocenters. The molecule has 20 heavy (non-hydrogen) atoms. The Kier molecular flexibility index (Phi) is 4.22. The second kappa shape index (κ2) is 5.90. The molecule has 0 saturated carbocycles. The number of carboxylic acids is 1. The van der Waals surface area contributed by atoms with Gasteiger partial charge in [0.1, 0.15) is 17.5 Å². The number of aromatic nitrogens is 1. The summed E-state index contributed by atoms with van der Waals surface area (Å²) in [6.45, 7) is 4.15. The van der Waals surface area contributed by atoms with Crippen molar-refractivity contribution in [1.29, 1.82) is 0 Å². The third-order valence-electron chi connectivity index (χ3n) is 3.25. The number of aliphatic carboxylic acids is 1. The predicted octanol–water partition coefficient (Wildman–Crippen LogP) is 1.25. The number of aryl methyl sites for hydroxylation is 1. The molecular formula is C14H18N2O4. The number of nitrogens with zero attached hydrogens (tertiary/aromatic N) is 1. The van der Waals surface area contributed by atoms with E-state index in [-0.39, 0.29) is 11.6 Å². The summed E-state index contributed by atoms with van der Waals surface area (Å²) in [5.41, 5.74) is 1.16. The van der Waals surface area contributed by atoms with Crippen molar-refractivity contribution in [2.75, 3.05) is 6.61 Å². The quantitative estimate of drug-likeness (QED) is 0.865. The first-order valence-corrected chi connectivity index (χ1v) is 6.64. The monoisotopic (exact) mass is 278 g/mol. The number of carbonyl (C=O) groups is 2. The van der Waals surface area contributed by atoms with Gasteiger partial charge in [0.2, 0.25) is 0 Å². The third-order valence-corrected chi connectivity index (χ3v) is 3.25. The molecule has 108 valence electrons. The molecule has 6 nitrogen and oxygen atoms in total. The van der Waals surface area contributed by atoms with Crippen molar-refractivity contribution in [2.45, 2.75) is 32.7 Å². The molecule has 0 bridgehead atoms. The van der Waals surface area contributed by atoms with Crippen LogP contribution in [0.3, 0.4) is 0 Å². The Bertz CT molecular complexity index is 528. The van der Waals surface area contributed by atoms with Crippen molar-refractivity contribution < 1.29 is 19.4 Å². The van der Waals surface area contributed by atoms with Gasteiger partial charge in [-0.05, 0) is 30.4 Å². The van der Waals surface area contributed by atoms with Crippen LogP contribution in [-0.4, -0.2) is 34.6 Å². The van der Waals surface area contributed by atoms with Crippen LogP contribution >= 0.6 is 0 Å². The lowest BCUT2D eigenvalue weighted by molar-refractivity contribution is -0.140. The molecule has 2 N–H and O–H groups in total. The second-order valence-corrected chi connectivity index (χ2v) is 5.16. The van der Waals surface area contributed by atoms with Gasteiger partial charge in [-0.25, -0.2) is 9.78 Å². The van der Waals surface area contributed by atoms with Crippen LogP contribution in [-0.2, 0) is 11.2 Å². The van der Waals surface area contributed by atoms with Gasteiger partial charge >= 0.3 is 5.97 Å². The molecule has 0 fully saturated rings. The molecule has 1 aliphatic rings. The predicted molar refractivity (Wildman–Crippen MR) is 71.8 cm³/mol. The molecule has 2 rings (SSSR count). The van der Waals surface area contributed by atoms with Crippen LogP contribution in [0, 0.1) is 5.92 Å². The first kappa shape index (κ1) is 14.3. The van der Waals surface area contributed by atoms with Gasteiger partial charge in [-0.15, -0.1) is 0 Å². The minimum atomic E-state index is -1.05. The molecular weight excluding hydrogens is 260 g/mol. The zero-order valence-electron chi connectivity index (χ0n) is 11.5. The van der Waals surface area contributed by atoms with Crippen molar-refractivity contribution in [2.24, 2.45) is 5.92 Å². The maximum Gasteiger partial charge on any atom is 0.326 e. The Morgan fingerprint density at radius 2 is 2.20 bits per heavy atom. The van der Waals surface area contributed by atoms with E-state index in [1.807, 2.05) is 0 Å².